The monoisotopic (exact) mass is 226 g/mol. The van der Waals surface area contributed by atoms with Crippen LogP contribution in [-0.4, -0.2) is 31.8 Å². The fourth-order valence-electron chi connectivity index (χ4n) is 0.946. The maximum atomic E-state index is 11.6. The third-order valence-corrected chi connectivity index (χ3v) is 1.84. The molecule has 0 aromatic rings. The van der Waals surface area contributed by atoms with E-state index in [2.05, 4.69) is 10.2 Å². The van der Waals surface area contributed by atoms with E-state index in [9.17, 15) is 18.0 Å². The summed E-state index contributed by atoms with van der Waals surface area (Å²) in [5.41, 5.74) is 1.71. The summed E-state index contributed by atoms with van der Waals surface area (Å²) in [6, 6.07) is 0. The largest absolute Gasteiger partial charge is 0.414 e. The second-order valence-corrected chi connectivity index (χ2v) is 3.50. The van der Waals surface area contributed by atoms with Gasteiger partial charge in [-0.25, -0.2) is 5.48 Å². The molecule has 88 valence electrons. The molecule has 0 radical (unpaired) electrons. The number of alkyl halides is 3. The Morgan fingerprint density at radius 1 is 1.40 bits per heavy atom. The molecule has 0 bridgehead atoms. The van der Waals surface area contributed by atoms with E-state index < -0.39 is 18.7 Å². The van der Waals surface area contributed by atoms with Crippen LogP contribution >= 0.6 is 0 Å². The number of hydrogen-bond donors (Lipinski definition) is 2. The number of hydroxylamine groups is 1. The van der Waals surface area contributed by atoms with E-state index in [1.54, 1.807) is 5.48 Å². The molecule has 0 aliphatic heterocycles. The van der Waals surface area contributed by atoms with Gasteiger partial charge in [0.05, 0.1) is 6.54 Å². The second kappa shape index (κ2) is 5.32. The van der Waals surface area contributed by atoms with Crippen LogP contribution < -0.4 is 10.8 Å². The Bertz CT molecular complexity index is 216. The van der Waals surface area contributed by atoms with Crippen LogP contribution in [0.15, 0.2) is 0 Å². The SMILES string of the molecule is O=C(CNCC1CC1)NOCC(F)(F)F. The zero-order valence-electron chi connectivity index (χ0n) is 8.06. The minimum Gasteiger partial charge on any atom is -0.308 e. The van der Waals surface area contributed by atoms with Crippen molar-refractivity contribution in [1.82, 2.24) is 10.8 Å². The first kappa shape index (κ1) is 12.3. The van der Waals surface area contributed by atoms with Gasteiger partial charge in [-0.3, -0.25) is 9.63 Å². The summed E-state index contributed by atoms with van der Waals surface area (Å²) in [5, 5.41) is 2.82. The minimum absolute atomic E-state index is 0.0195. The van der Waals surface area contributed by atoms with E-state index >= 15 is 0 Å². The first-order valence-electron chi connectivity index (χ1n) is 4.65. The topological polar surface area (TPSA) is 50.4 Å². The van der Waals surface area contributed by atoms with Crippen LogP contribution in [0.2, 0.25) is 0 Å². The van der Waals surface area contributed by atoms with Crippen LogP contribution in [0.1, 0.15) is 12.8 Å². The highest BCUT2D eigenvalue weighted by atomic mass is 19.4. The number of rotatable bonds is 6. The van der Waals surface area contributed by atoms with Gasteiger partial charge in [0.15, 0.2) is 6.61 Å². The predicted octanol–water partition coefficient (Wildman–Crippen LogP) is 0.596. The maximum absolute atomic E-state index is 11.6. The average Bonchev–Trinajstić information content (AvgIpc) is 2.85. The lowest BCUT2D eigenvalue weighted by Crippen LogP contribution is -2.36. The Morgan fingerprint density at radius 3 is 2.60 bits per heavy atom. The lowest BCUT2D eigenvalue weighted by molar-refractivity contribution is -0.191. The molecule has 0 aromatic carbocycles. The summed E-state index contributed by atoms with van der Waals surface area (Å²) in [4.78, 5) is 14.8. The highest BCUT2D eigenvalue weighted by Crippen LogP contribution is 2.27. The van der Waals surface area contributed by atoms with E-state index in [-0.39, 0.29) is 6.54 Å². The van der Waals surface area contributed by atoms with Gasteiger partial charge in [0.2, 0.25) is 0 Å². The molecule has 1 aliphatic rings. The highest BCUT2D eigenvalue weighted by Gasteiger charge is 2.28. The number of amides is 1. The third-order valence-electron chi connectivity index (χ3n) is 1.84. The average molecular weight is 226 g/mol. The number of carbonyl (C=O) groups is 1. The Kier molecular flexibility index (Phi) is 4.34. The van der Waals surface area contributed by atoms with E-state index in [1.807, 2.05) is 0 Å². The van der Waals surface area contributed by atoms with Gasteiger partial charge >= 0.3 is 6.18 Å². The molecule has 15 heavy (non-hydrogen) atoms. The quantitative estimate of drug-likeness (QED) is 0.652. The van der Waals surface area contributed by atoms with Crippen molar-refractivity contribution in [2.75, 3.05) is 19.7 Å². The fourth-order valence-corrected chi connectivity index (χ4v) is 0.946. The van der Waals surface area contributed by atoms with Gasteiger partial charge in [-0.15, -0.1) is 0 Å². The third kappa shape index (κ3) is 7.15. The Morgan fingerprint density at radius 2 is 2.07 bits per heavy atom. The number of hydrogen-bond acceptors (Lipinski definition) is 3. The molecule has 1 aliphatic carbocycles. The molecule has 1 fully saturated rings. The molecule has 0 spiro atoms. The van der Waals surface area contributed by atoms with Gasteiger partial charge in [0, 0.05) is 0 Å². The molecule has 4 nitrogen and oxygen atoms in total. The van der Waals surface area contributed by atoms with Crippen molar-refractivity contribution in [2.45, 2.75) is 19.0 Å². The molecule has 1 rings (SSSR count). The number of halogens is 3. The first-order valence-corrected chi connectivity index (χ1v) is 4.65. The van der Waals surface area contributed by atoms with E-state index in [4.69, 9.17) is 0 Å². The standard InChI is InChI=1S/C8H13F3N2O2/c9-8(10,11)5-15-13-7(14)4-12-3-6-1-2-6/h6,12H,1-5H2,(H,13,14). The predicted molar refractivity (Wildman–Crippen MR) is 45.7 cm³/mol. The van der Waals surface area contributed by atoms with Crippen molar-refractivity contribution < 1.29 is 22.8 Å². The van der Waals surface area contributed by atoms with Crippen molar-refractivity contribution in [3.8, 4) is 0 Å². The molecule has 7 heteroatoms. The van der Waals surface area contributed by atoms with Crippen molar-refractivity contribution in [2.24, 2.45) is 5.92 Å². The molecule has 0 unspecified atom stereocenters. The Hall–Kier alpha value is -0.820. The summed E-state index contributed by atoms with van der Waals surface area (Å²) in [6.45, 7) is -0.761. The van der Waals surface area contributed by atoms with Crippen LogP contribution in [0.3, 0.4) is 0 Å². The van der Waals surface area contributed by atoms with E-state index in [1.165, 1.54) is 0 Å². The summed E-state index contributed by atoms with van der Waals surface area (Å²) < 4.78 is 34.7. The molecule has 1 saturated carbocycles. The first-order chi connectivity index (χ1) is 6.97. The maximum Gasteiger partial charge on any atom is 0.414 e. The lowest BCUT2D eigenvalue weighted by atomic mass is 10.4. The smallest absolute Gasteiger partial charge is 0.308 e. The molecule has 0 heterocycles. The summed E-state index contributed by atoms with van der Waals surface area (Å²) >= 11 is 0. The zero-order valence-corrected chi connectivity index (χ0v) is 8.06. The van der Waals surface area contributed by atoms with Crippen molar-refractivity contribution in [3.05, 3.63) is 0 Å². The highest BCUT2D eigenvalue weighted by molar-refractivity contribution is 5.76. The fraction of sp³-hybridized carbons (Fsp3) is 0.875. The van der Waals surface area contributed by atoms with Crippen LogP contribution in [0.5, 0.6) is 0 Å². The Balaban J connectivity index is 1.93. The number of carbonyl (C=O) groups excluding carboxylic acids is 1. The van der Waals surface area contributed by atoms with Crippen LogP contribution in [0.25, 0.3) is 0 Å². The van der Waals surface area contributed by atoms with Gasteiger partial charge < -0.3 is 5.32 Å². The van der Waals surface area contributed by atoms with Crippen LogP contribution in [0, 0.1) is 5.92 Å². The van der Waals surface area contributed by atoms with E-state index in [0.29, 0.717) is 5.92 Å². The Labute approximate surface area is 85.1 Å². The van der Waals surface area contributed by atoms with Gasteiger partial charge in [-0.05, 0) is 25.3 Å². The van der Waals surface area contributed by atoms with E-state index in [0.717, 1.165) is 19.4 Å². The molecule has 2 N–H and O–H groups in total. The number of nitrogens with one attached hydrogen (secondary N) is 2. The zero-order chi connectivity index (χ0) is 11.3. The van der Waals surface area contributed by atoms with Gasteiger partial charge in [-0.1, -0.05) is 0 Å². The van der Waals surface area contributed by atoms with Crippen molar-refractivity contribution in [3.63, 3.8) is 0 Å². The van der Waals surface area contributed by atoms with Crippen LogP contribution in [0.4, 0.5) is 13.2 Å². The van der Waals surface area contributed by atoms with Gasteiger partial charge in [0.1, 0.15) is 0 Å². The van der Waals surface area contributed by atoms with Gasteiger partial charge in [0.25, 0.3) is 5.91 Å². The second-order valence-electron chi connectivity index (χ2n) is 3.50. The molecule has 0 aromatic heterocycles. The summed E-state index contributed by atoms with van der Waals surface area (Å²) in [7, 11) is 0. The van der Waals surface area contributed by atoms with Crippen molar-refractivity contribution >= 4 is 5.91 Å². The molecular formula is C8H13F3N2O2. The lowest BCUT2D eigenvalue weighted by Gasteiger charge is -2.08. The normalized spacial score (nSPS) is 16.5. The summed E-state index contributed by atoms with van der Waals surface area (Å²) in [6.07, 6.45) is -2.12. The van der Waals surface area contributed by atoms with Crippen LogP contribution in [-0.2, 0) is 9.63 Å². The van der Waals surface area contributed by atoms with Gasteiger partial charge in [-0.2, -0.15) is 13.2 Å². The molecular weight excluding hydrogens is 213 g/mol. The van der Waals surface area contributed by atoms with Crippen molar-refractivity contribution in [1.29, 1.82) is 0 Å². The molecule has 0 saturated heterocycles. The molecule has 1 amide bonds. The molecule has 0 atom stereocenters. The minimum atomic E-state index is -4.42. The summed E-state index contributed by atoms with van der Waals surface area (Å²) in [5.74, 6) is 0.0220.